The molecule has 0 aliphatic carbocycles. The van der Waals surface area contributed by atoms with Crippen LogP contribution in [0.1, 0.15) is 10.6 Å². The number of thiazole rings is 1. The van der Waals surface area contributed by atoms with Crippen molar-refractivity contribution in [1.82, 2.24) is 15.0 Å². The zero-order chi connectivity index (χ0) is 11.5. The molecule has 0 saturated carbocycles. The van der Waals surface area contributed by atoms with E-state index in [0.29, 0.717) is 0 Å². The van der Waals surface area contributed by atoms with E-state index in [2.05, 4.69) is 35.8 Å². The molecule has 16 heavy (non-hydrogen) atoms. The van der Waals surface area contributed by atoms with Crippen molar-refractivity contribution in [2.75, 3.05) is 11.9 Å². The summed E-state index contributed by atoms with van der Waals surface area (Å²) in [6, 6.07) is 1.90. The third-order valence-corrected chi connectivity index (χ3v) is 3.59. The molecule has 0 N–H and O–H groups in total. The van der Waals surface area contributed by atoms with Gasteiger partial charge in [-0.15, -0.1) is 11.3 Å². The summed E-state index contributed by atoms with van der Waals surface area (Å²) in [5.74, 6) is 0.898. The van der Waals surface area contributed by atoms with Crippen molar-refractivity contribution < 1.29 is 0 Å². The van der Waals surface area contributed by atoms with E-state index in [0.717, 1.165) is 22.7 Å². The van der Waals surface area contributed by atoms with E-state index in [1.165, 1.54) is 4.88 Å². The fourth-order valence-corrected chi connectivity index (χ4v) is 2.43. The Morgan fingerprint density at radius 1 is 1.38 bits per heavy atom. The molecule has 0 spiro atoms. The number of aryl methyl sites for hydroxylation is 1. The van der Waals surface area contributed by atoms with E-state index in [-0.39, 0.29) is 0 Å². The number of hydrogen-bond donors (Lipinski definition) is 0. The zero-order valence-electron chi connectivity index (χ0n) is 9.01. The van der Waals surface area contributed by atoms with Gasteiger partial charge in [0, 0.05) is 18.0 Å². The number of hydrogen-bond acceptors (Lipinski definition) is 5. The summed E-state index contributed by atoms with van der Waals surface area (Å²) in [6.45, 7) is 2.84. The van der Waals surface area contributed by atoms with E-state index in [9.17, 15) is 0 Å². The van der Waals surface area contributed by atoms with E-state index in [1.807, 2.05) is 25.5 Å². The third-order valence-electron chi connectivity index (χ3n) is 2.24. The molecular weight excluding hydrogens is 288 g/mol. The lowest BCUT2D eigenvalue weighted by Gasteiger charge is -2.17. The maximum atomic E-state index is 4.23. The Bertz CT molecular complexity index is 485. The predicted molar refractivity (Wildman–Crippen MR) is 68.7 cm³/mol. The van der Waals surface area contributed by atoms with E-state index < -0.39 is 0 Å². The predicted octanol–water partition coefficient (Wildman–Crippen LogP) is 2.64. The smallest absolute Gasteiger partial charge is 0.133 e. The van der Waals surface area contributed by atoms with Crippen molar-refractivity contribution in [1.29, 1.82) is 0 Å². The Balaban J connectivity index is 2.14. The Labute approximate surface area is 107 Å². The Morgan fingerprint density at radius 2 is 2.19 bits per heavy atom. The zero-order valence-corrected chi connectivity index (χ0v) is 11.4. The van der Waals surface area contributed by atoms with Crippen molar-refractivity contribution >= 4 is 33.1 Å². The monoisotopic (exact) mass is 298 g/mol. The van der Waals surface area contributed by atoms with Crippen LogP contribution in [0.15, 0.2) is 22.5 Å². The first-order valence-electron chi connectivity index (χ1n) is 4.74. The topological polar surface area (TPSA) is 41.9 Å². The lowest BCUT2D eigenvalue weighted by Crippen LogP contribution is -2.17. The van der Waals surface area contributed by atoms with Gasteiger partial charge in [-0.05, 0) is 22.9 Å². The van der Waals surface area contributed by atoms with Crippen LogP contribution in [0.3, 0.4) is 0 Å². The molecule has 0 aliphatic rings. The minimum atomic E-state index is 0.797. The molecular formula is C10H11BrN4S. The van der Waals surface area contributed by atoms with Gasteiger partial charge in [-0.2, -0.15) is 0 Å². The fraction of sp³-hybridized carbons (Fsp3) is 0.300. The van der Waals surface area contributed by atoms with Crippen molar-refractivity contribution in [3.05, 3.63) is 33.1 Å². The van der Waals surface area contributed by atoms with Crippen LogP contribution in [0.5, 0.6) is 0 Å². The van der Waals surface area contributed by atoms with Crippen molar-refractivity contribution in [2.24, 2.45) is 0 Å². The number of anilines is 1. The van der Waals surface area contributed by atoms with Crippen LogP contribution in [0, 0.1) is 6.92 Å². The highest BCUT2D eigenvalue weighted by Crippen LogP contribution is 2.19. The van der Waals surface area contributed by atoms with Gasteiger partial charge in [0.2, 0.25) is 0 Å². The van der Waals surface area contributed by atoms with Gasteiger partial charge in [0.05, 0.1) is 17.7 Å². The highest BCUT2D eigenvalue weighted by atomic mass is 79.9. The summed E-state index contributed by atoms with van der Waals surface area (Å²) in [6.07, 6.45) is 1.55. The molecule has 4 nitrogen and oxygen atoms in total. The van der Waals surface area contributed by atoms with Gasteiger partial charge >= 0.3 is 0 Å². The molecule has 2 rings (SSSR count). The molecule has 2 aromatic rings. The first-order chi connectivity index (χ1) is 7.66. The molecule has 0 unspecified atom stereocenters. The summed E-state index contributed by atoms with van der Waals surface area (Å²) >= 11 is 5.00. The molecule has 0 atom stereocenters. The van der Waals surface area contributed by atoms with Gasteiger partial charge in [-0.1, -0.05) is 0 Å². The first-order valence-corrected chi connectivity index (χ1v) is 6.41. The molecule has 6 heteroatoms. The molecule has 0 bridgehead atoms. The summed E-state index contributed by atoms with van der Waals surface area (Å²) in [4.78, 5) is 15.8. The second-order valence-corrected chi connectivity index (χ2v) is 5.17. The minimum Gasteiger partial charge on any atom is -0.354 e. The molecule has 0 amide bonds. The number of nitrogens with zero attached hydrogens (tertiary/aromatic N) is 4. The largest absolute Gasteiger partial charge is 0.354 e. The van der Waals surface area contributed by atoms with Gasteiger partial charge in [-0.25, -0.2) is 15.0 Å². The van der Waals surface area contributed by atoms with Crippen LogP contribution >= 0.6 is 27.3 Å². The Kier molecular flexibility index (Phi) is 3.50. The standard InChI is InChI=1S/C10H11BrN4S/c1-7-8(16-6-14-7)4-15(2)10-3-9(11)12-5-13-10/h3,5-6H,4H2,1-2H3. The van der Waals surface area contributed by atoms with Crippen molar-refractivity contribution in [2.45, 2.75) is 13.5 Å². The van der Waals surface area contributed by atoms with Crippen LogP contribution in [-0.2, 0) is 6.54 Å². The normalized spacial score (nSPS) is 10.4. The maximum absolute atomic E-state index is 4.23. The SMILES string of the molecule is Cc1ncsc1CN(C)c1cc(Br)ncn1. The summed E-state index contributed by atoms with van der Waals surface area (Å²) < 4.78 is 0.797. The molecule has 0 fully saturated rings. The molecule has 84 valence electrons. The summed E-state index contributed by atoms with van der Waals surface area (Å²) in [5.41, 5.74) is 2.96. The number of rotatable bonds is 3. The van der Waals surface area contributed by atoms with Crippen LogP contribution in [0.2, 0.25) is 0 Å². The second-order valence-electron chi connectivity index (χ2n) is 3.42. The van der Waals surface area contributed by atoms with Crippen LogP contribution in [-0.4, -0.2) is 22.0 Å². The summed E-state index contributed by atoms with van der Waals surface area (Å²) in [5, 5.41) is 0. The lowest BCUT2D eigenvalue weighted by atomic mass is 10.3. The molecule has 0 aromatic carbocycles. The molecule has 0 aliphatic heterocycles. The summed E-state index contributed by atoms with van der Waals surface area (Å²) in [7, 11) is 2.01. The highest BCUT2D eigenvalue weighted by Gasteiger charge is 2.07. The van der Waals surface area contributed by atoms with Gasteiger partial charge in [0.15, 0.2) is 0 Å². The number of aromatic nitrogens is 3. The van der Waals surface area contributed by atoms with Gasteiger partial charge in [0.25, 0.3) is 0 Å². The average molecular weight is 299 g/mol. The second kappa shape index (κ2) is 4.88. The van der Waals surface area contributed by atoms with Crippen LogP contribution in [0.25, 0.3) is 0 Å². The maximum Gasteiger partial charge on any atom is 0.133 e. The van der Waals surface area contributed by atoms with Gasteiger partial charge in [0.1, 0.15) is 16.7 Å². The molecule has 2 aromatic heterocycles. The first kappa shape index (κ1) is 11.5. The molecule has 2 heterocycles. The van der Waals surface area contributed by atoms with E-state index in [4.69, 9.17) is 0 Å². The van der Waals surface area contributed by atoms with Gasteiger partial charge in [-0.3, -0.25) is 0 Å². The van der Waals surface area contributed by atoms with Crippen LogP contribution in [0.4, 0.5) is 5.82 Å². The quantitative estimate of drug-likeness (QED) is 0.817. The minimum absolute atomic E-state index is 0.797. The molecule has 0 radical (unpaired) electrons. The van der Waals surface area contributed by atoms with E-state index in [1.54, 1.807) is 17.7 Å². The Morgan fingerprint density at radius 3 is 2.81 bits per heavy atom. The lowest BCUT2D eigenvalue weighted by molar-refractivity contribution is 0.891. The fourth-order valence-electron chi connectivity index (χ4n) is 1.31. The molecule has 0 saturated heterocycles. The average Bonchev–Trinajstić information content (AvgIpc) is 2.64. The Hall–Kier alpha value is -1.01. The third kappa shape index (κ3) is 2.56. The number of halogens is 1. The van der Waals surface area contributed by atoms with E-state index >= 15 is 0 Å². The van der Waals surface area contributed by atoms with Gasteiger partial charge < -0.3 is 4.90 Å². The highest BCUT2D eigenvalue weighted by molar-refractivity contribution is 9.10. The van der Waals surface area contributed by atoms with Crippen molar-refractivity contribution in [3.63, 3.8) is 0 Å². The van der Waals surface area contributed by atoms with Crippen LogP contribution < -0.4 is 4.90 Å². The van der Waals surface area contributed by atoms with Crippen molar-refractivity contribution in [3.8, 4) is 0 Å².